The first-order chi connectivity index (χ1) is 13.8. The first kappa shape index (κ1) is 17.6. The summed E-state index contributed by atoms with van der Waals surface area (Å²) < 4.78 is 6.74. The smallest absolute Gasteiger partial charge is 0.227 e. The molecule has 2 fully saturated rings. The number of aromatic nitrogens is 3. The molecule has 0 spiro atoms. The maximum atomic E-state index is 5.44. The molecule has 3 aromatic heterocycles. The molecule has 2 aliphatic rings. The van der Waals surface area contributed by atoms with E-state index < -0.39 is 0 Å². The van der Waals surface area contributed by atoms with Crippen molar-refractivity contribution in [2.45, 2.75) is 12.5 Å². The van der Waals surface area contributed by atoms with E-state index in [0.717, 1.165) is 63.4 Å². The van der Waals surface area contributed by atoms with Crippen LogP contribution in [0.3, 0.4) is 0 Å². The Morgan fingerprint density at radius 2 is 1.93 bits per heavy atom. The number of fused-ring (bicyclic) bond motifs is 1. The largest absolute Gasteiger partial charge is 0.378 e. The van der Waals surface area contributed by atoms with Gasteiger partial charge in [0, 0.05) is 61.7 Å². The fraction of sp³-hybridized carbons (Fsp3) is 0.450. The Balaban J connectivity index is 1.32. The van der Waals surface area contributed by atoms with Gasteiger partial charge in [-0.3, -0.25) is 0 Å². The lowest BCUT2D eigenvalue weighted by Gasteiger charge is -2.29. The van der Waals surface area contributed by atoms with Crippen molar-refractivity contribution in [3.8, 4) is 0 Å². The van der Waals surface area contributed by atoms with Crippen molar-refractivity contribution >= 4 is 39.0 Å². The molecular weight excluding hydrogens is 372 g/mol. The highest BCUT2D eigenvalue weighted by atomic mass is 32.1. The van der Waals surface area contributed by atoms with Crippen LogP contribution >= 0.6 is 11.3 Å². The zero-order chi connectivity index (χ0) is 18.9. The van der Waals surface area contributed by atoms with Crippen molar-refractivity contribution in [2.24, 2.45) is 0 Å². The van der Waals surface area contributed by atoms with Gasteiger partial charge in [-0.1, -0.05) is 0 Å². The Hall–Kier alpha value is -2.45. The Labute approximate surface area is 168 Å². The van der Waals surface area contributed by atoms with Gasteiger partial charge in [-0.05, 0) is 30.0 Å². The average molecular weight is 397 g/mol. The molecule has 0 aromatic carbocycles. The van der Waals surface area contributed by atoms with Crippen LogP contribution in [0, 0.1) is 0 Å². The van der Waals surface area contributed by atoms with E-state index in [4.69, 9.17) is 9.72 Å². The van der Waals surface area contributed by atoms with E-state index in [1.807, 2.05) is 18.5 Å². The summed E-state index contributed by atoms with van der Waals surface area (Å²) in [4.78, 5) is 20.9. The van der Waals surface area contributed by atoms with Crippen LogP contribution < -0.4 is 14.7 Å². The van der Waals surface area contributed by atoms with Gasteiger partial charge in [-0.25, -0.2) is 9.97 Å². The Bertz CT molecular complexity index is 957. The lowest BCUT2D eigenvalue weighted by Crippen LogP contribution is -2.38. The molecule has 146 valence electrons. The fourth-order valence-corrected chi connectivity index (χ4v) is 4.80. The zero-order valence-corrected chi connectivity index (χ0v) is 16.8. The van der Waals surface area contributed by atoms with Crippen LogP contribution in [0.5, 0.6) is 0 Å². The van der Waals surface area contributed by atoms with Crippen LogP contribution in [-0.2, 0) is 4.74 Å². The highest BCUT2D eigenvalue weighted by Crippen LogP contribution is 2.31. The van der Waals surface area contributed by atoms with Crippen LogP contribution in [-0.4, -0.2) is 67.4 Å². The summed E-state index contributed by atoms with van der Waals surface area (Å²) in [7, 11) is 2.14. The summed E-state index contributed by atoms with van der Waals surface area (Å²) in [6, 6.07) is 6.68. The quantitative estimate of drug-likeness (QED) is 0.672. The summed E-state index contributed by atoms with van der Waals surface area (Å²) in [5.41, 5.74) is 0. The van der Waals surface area contributed by atoms with Gasteiger partial charge in [0.25, 0.3) is 0 Å². The van der Waals surface area contributed by atoms with Crippen LogP contribution in [0.1, 0.15) is 6.42 Å². The summed E-state index contributed by atoms with van der Waals surface area (Å²) in [5.74, 6) is 2.88. The molecule has 2 aliphatic heterocycles. The lowest BCUT2D eigenvalue weighted by molar-refractivity contribution is 0.122. The van der Waals surface area contributed by atoms with Crippen LogP contribution in [0.15, 0.2) is 36.0 Å². The van der Waals surface area contributed by atoms with Crippen molar-refractivity contribution < 1.29 is 4.74 Å². The topological polar surface area (TPSA) is 57.6 Å². The summed E-state index contributed by atoms with van der Waals surface area (Å²) in [5, 5.41) is 3.40. The maximum absolute atomic E-state index is 5.44. The second kappa shape index (κ2) is 7.52. The average Bonchev–Trinajstić information content (AvgIpc) is 3.43. The molecular formula is C20H24N6OS. The molecule has 0 bridgehead atoms. The van der Waals surface area contributed by atoms with E-state index in [-0.39, 0.29) is 0 Å². The van der Waals surface area contributed by atoms with Gasteiger partial charge >= 0.3 is 0 Å². The molecule has 3 aromatic rings. The van der Waals surface area contributed by atoms with Gasteiger partial charge in [-0.2, -0.15) is 4.98 Å². The number of ether oxygens (including phenoxy) is 1. The van der Waals surface area contributed by atoms with Crippen molar-refractivity contribution in [1.82, 2.24) is 15.0 Å². The minimum atomic E-state index is 0.406. The molecule has 0 aliphatic carbocycles. The van der Waals surface area contributed by atoms with E-state index in [9.17, 15) is 0 Å². The zero-order valence-electron chi connectivity index (χ0n) is 16.0. The van der Waals surface area contributed by atoms with Crippen molar-refractivity contribution in [2.75, 3.05) is 61.1 Å². The van der Waals surface area contributed by atoms with Crippen molar-refractivity contribution in [3.63, 3.8) is 0 Å². The molecule has 5 rings (SSSR count). The third-order valence-electron chi connectivity index (χ3n) is 5.65. The highest BCUT2D eigenvalue weighted by molar-refractivity contribution is 7.17. The van der Waals surface area contributed by atoms with Gasteiger partial charge < -0.3 is 19.4 Å². The second-order valence-electron chi connectivity index (χ2n) is 7.28. The molecule has 0 saturated carbocycles. The number of hydrogen-bond donors (Lipinski definition) is 0. The van der Waals surface area contributed by atoms with Crippen LogP contribution in [0.2, 0.25) is 0 Å². The van der Waals surface area contributed by atoms with Crippen LogP contribution in [0.4, 0.5) is 17.6 Å². The minimum Gasteiger partial charge on any atom is -0.378 e. The molecule has 8 heteroatoms. The molecule has 0 radical (unpaired) electrons. The fourth-order valence-electron chi connectivity index (χ4n) is 4.02. The Kier molecular flexibility index (Phi) is 4.74. The summed E-state index contributed by atoms with van der Waals surface area (Å²) >= 11 is 1.77. The number of pyridine rings is 1. The standard InChI is InChI=1S/C20H24N6OS/c1-24(18-3-7-22-20(23-18)25-9-11-27-12-10-25)15-4-8-26(14-15)19-16-5-13-28-17(16)2-6-21-19/h2-3,5-7,13,15H,4,8-12,14H2,1H3. The summed E-state index contributed by atoms with van der Waals surface area (Å²) in [6.45, 7) is 5.14. The van der Waals surface area contributed by atoms with Crippen molar-refractivity contribution in [3.05, 3.63) is 36.0 Å². The number of hydrogen-bond acceptors (Lipinski definition) is 8. The second-order valence-corrected chi connectivity index (χ2v) is 8.23. The molecule has 2 saturated heterocycles. The third-order valence-corrected chi connectivity index (χ3v) is 6.53. The van der Waals surface area contributed by atoms with Crippen molar-refractivity contribution in [1.29, 1.82) is 0 Å². The minimum absolute atomic E-state index is 0.406. The Morgan fingerprint density at radius 3 is 2.82 bits per heavy atom. The predicted octanol–water partition coefficient (Wildman–Crippen LogP) is 2.64. The van der Waals surface area contributed by atoms with Gasteiger partial charge in [0.05, 0.1) is 13.2 Å². The predicted molar refractivity (Wildman–Crippen MR) is 114 cm³/mol. The molecule has 1 atom stereocenters. The lowest BCUT2D eigenvalue weighted by atomic mass is 10.2. The molecule has 7 nitrogen and oxygen atoms in total. The van der Waals surface area contributed by atoms with Gasteiger partial charge in [0.2, 0.25) is 5.95 Å². The number of nitrogens with zero attached hydrogens (tertiary/aromatic N) is 6. The number of likely N-dealkylation sites (N-methyl/N-ethyl adjacent to an activating group) is 1. The molecule has 0 N–H and O–H groups in total. The van der Waals surface area contributed by atoms with E-state index >= 15 is 0 Å². The van der Waals surface area contributed by atoms with Crippen LogP contribution in [0.25, 0.3) is 10.1 Å². The number of thiophene rings is 1. The molecule has 5 heterocycles. The van der Waals surface area contributed by atoms with E-state index in [1.165, 1.54) is 10.1 Å². The number of rotatable bonds is 4. The van der Waals surface area contributed by atoms with Gasteiger partial charge in [-0.15, -0.1) is 11.3 Å². The number of anilines is 3. The van der Waals surface area contributed by atoms with Gasteiger partial charge in [0.1, 0.15) is 11.6 Å². The number of morpholine rings is 1. The summed E-state index contributed by atoms with van der Waals surface area (Å²) in [6.07, 6.45) is 4.88. The van der Waals surface area contributed by atoms with E-state index in [1.54, 1.807) is 11.3 Å². The molecule has 1 unspecified atom stereocenters. The SMILES string of the molecule is CN(c1ccnc(N2CCOCC2)n1)C1CCN(c2nccc3sccc23)C1. The Morgan fingerprint density at radius 1 is 1.07 bits per heavy atom. The maximum Gasteiger partial charge on any atom is 0.227 e. The van der Waals surface area contributed by atoms with Gasteiger partial charge in [0.15, 0.2) is 0 Å². The van der Waals surface area contributed by atoms with E-state index in [2.05, 4.69) is 49.2 Å². The molecule has 28 heavy (non-hydrogen) atoms. The first-order valence-electron chi connectivity index (χ1n) is 9.75. The normalized spacial score (nSPS) is 20.1. The third kappa shape index (κ3) is 3.27. The molecule has 0 amide bonds. The monoisotopic (exact) mass is 396 g/mol. The highest BCUT2D eigenvalue weighted by Gasteiger charge is 2.28. The first-order valence-corrected chi connectivity index (χ1v) is 10.6. The van der Waals surface area contributed by atoms with E-state index in [0.29, 0.717) is 6.04 Å².